The molecule has 6 rings (SSSR count). The van der Waals surface area contributed by atoms with Gasteiger partial charge in [-0.25, -0.2) is 0 Å². The van der Waals surface area contributed by atoms with Gasteiger partial charge >= 0.3 is 0 Å². The van der Waals surface area contributed by atoms with Gasteiger partial charge in [0.15, 0.2) is 0 Å². The fraction of sp³-hybridized carbons (Fsp3) is 0.310. The van der Waals surface area contributed by atoms with Crippen LogP contribution in [0.1, 0.15) is 46.4 Å². The zero-order valence-electron chi connectivity index (χ0n) is 19.5. The Balaban J connectivity index is 1.22. The molecule has 35 heavy (non-hydrogen) atoms. The molecule has 3 aliphatic rings. The molecule has 2 aliphatic heterocycles. The lowest BCUT2D eigenvalue weighted by Gasteiger charge is -2.30. The third-order valence-corrected chi connectivity index (χ3v) is 8.12. The minimum absolute atomic E-state index is 0.0447. The lowest BCUT2D eigenvalue weighted by atomic mass is 9.88. The molecule has 3 aromatic rings. The highest BCUT2D eigenvalue weighted by molar-refractivity contribution is 6.32. The summed E-state index contributed by atoms with van der Waals surface area (Å²) in [7, 11) is 0. The molecular weight excluding hydrogens is 477 g/mol. The molecular formula is C29H27Cl2N3O. The van der Waals surface area contributed by atoms with Crippen molar-refractivity contribution in [3.05, 3.63) is 97.8 Å². The van der Waals surface area contributed by atoms with Crippen molar-refractivity contribution in [2.45, 2.75) is 38.5 Å². The van der Waals surface area contributed by atoms with E-state index < -0.39 is 0 Å². The number of halogens is 2. The number of rotatable bonds is 3. The lowest BCUT2D eigenvalue weighted by molar-refractivity contribution is -0.115. The Hall–Kier alpha value is -2.66. The van der Waals surface area contributed by atoms with Crippen LogP contribution in [0.5, 0.6) is 0 Å². The van der Waals surface area contributed by atoms with E-state index in [0.29, 0.717) is 6.42 Å². The van der Waals surface area contributed by atoms with Crippen LogP contribution in [0, 0.1) is 0 Å². The van der Waals surface area contributed by atoms with E-state index in [-0.39, 0.29) is 5.91 Å². The third kappa shape index (κ3) is 4.51. The average molecular weight is 504 g/mol. The quantitative estimate of drug-likeness (QED) is 0.467. The lowest BCUT2D eigenvalue weighted by Crippen LogP contribution is -2.33. The smallest absolute Gasteiger partial charge is 0.228 e. The molecule has 0 atom stereocenters. The second kappa shape index (κ2) is 9.42. The van der Waals surface area contributed by atoms with Crippen LogP contribution in [-0.2, 0) is 30.5 Å². The standard InChI is InChI=1S/C29H27Cl2N3O/c30-23-5-6-24-20(15-23)4-3-19-2-1-10-32-29(19)28(24)18-7-11-34(12-8-18)13-9-21-14-22-16-27(35)33-26(22)17-25(21)31/h1-2,5-6,10,14-15,17H,3-4,7-9,11-13,16H2,(H,33,35). The second-order valence-electron chi connectivity index (χ2n) is 9.71. The van der Waals surface area contributed by atoms with E-state index in [4.69, 9.17) is 28.2 Å². The van der Waals surface area contributed by atoms with Gasteiger partial charge in [-0.05, 0) is 84.2 Å². The first-order chi connectivity index (χ1) is 17.0. The summed E-state index contributed by atoms with van der Waals surface area (Å²) in [6.07, 6.45) is 7.29. The van der Waals surface area contributed by atoms with Gasteiger partial charge in [0.25, 0.3) is 0 Å². The molecule has 1 amide bonds. The van der Waals surface area contributed by atoms with Crippen LogP contribution in [-0.4, -0.2) is 35.4 Å². The molecule has 0 saturated carbocycles. The number of amides is 1. The van der Waals surface area contributed by atoms with E-state index in [1.807, 2.05) is 24.4 Å². The molecule has 3 heterocycles. The molecule has 6 heteroatoms. The zero-order chi connectivity index (χ0) is 23.9. The number of nitrogens with one attached hydrogen (secondary N) is 1. The maximum atomic E-state index is 11.7. The number of anilines is 1. The maximum Gasteiger partial charge on any atom is 0.228 e. The predicted molar refractivity (Wildman–Crippen MR) is 142 cm³/mol. The topological polar surface area (TPSA) is 45.2 Å². The molecule has 0 spiro atoms. The molecule has 178 valence electrons. The highest BCUT2D eigenvalue weighted by Crippen LogP contribution is 2.38. The van der Waals surface area contributed by atoms with E-state index in [9.17, 15) is 4.79 Å². The van der Waals surface area contributed by atoms with Crippen molar-refractivity contribution < 1.29 is 4.79 Å². The number of carbonyl (C=O) groups excluding carboxylic acids is 1. The van der Waals surface area contributed by atoms with Gasteiger partial charge in [-0.2, -0.15) is 0 Å². The highest BCUT2D eigenvalue weighted by Gasteiger charge is 2.25. The Labute approximate surface area is 216 Å². The van der Waals surface area contributed by atoms with E-state index in [1.165, 1.54) is 27.8 Å². The Morgan fingerprint density at radius 1 is 0.943 bits per heavy atom. The van der Waals surface area contributed by atoms with Gasteiger partial charge in [-0.15, -0.1) is 0 Å². The van der Waals surface area contributed by atoms with Crippen molar-refractivity contribution in [1.82, 2.24) is 9.88 Å². The van der Waals surface area contributed by atoms with Crippen LogP contribution in [0.2, 0.25) is 10.0 Å². The normalized spacial score (nSPS) is 17.5. The minimum Gasteiger partial charge on any atom is -0.325 e. The molecule has 1 N–H and O–H groups in total. The largest absolute Gasteiger partial charge is 0.325 e. The van der Waals surface area contributed by atoms with Crippen molar-refractivity contribution in [2.24, 2.45) is 0 Å². The fourth-order valence-electron chi connectivity index (χ4n) is 5.70. The summed E-state index contributed by atoms with van der Waals surface area (Å²) in [5.74, 6) is 0.0447. The molecule has 4 nitrogen and oxygen atoms in total. The van der Waals surface area contributed by atoms with Crippen LogP contribution < -0.4 is 5.32 Å². The van der Waals surface area contributed by atoms with Crippen LogP contribution in [0.3, 0.4) is 0 Å². The SMILES string of the molecule is O=C1Cc2cc(CCN3CCC(=C4c5ccc(Cl)cc5CCc5cccnc54)CC3)c(Cl)cc2N1. The van der Waals surface area contributed by atoms with E-state index in [0.717, 1.165) is 84.3 Å². The average Bonchev–Trinajstić information content (AvgIpc) is 3.13. The first-order valence-corrected chi connectivity index (χ1v) is 13.1. The second-order valence-corrected chi connectivity index (χ2v) is 10.6. The third-order valence-electron chi connectivity index (χ3n) is 7.54. The predicted octanol–water partition coefficient (Wildman–Crippen LogP) is 6.12. The van der Waals surface area contributed by atoms with Crippen molar-refractivity contribution in [1.29, 1.82) is 0 Å². The number of likely N-dealkylation sites (tertiary alicyclic amines) is 1. The summed E-state index contributed by atoms with van der Waals surface area (Å²) >= 11 is 12.9. The molecule has 2 aromatic carbocycles. The van der Waals surface area contributed by atoms with Crippen molar-refractivity contribution in [3.63, 3.8) is 0 Å². The van der Waals surface area contributed by atoms with Gasteiger partial charge < -0.3 is 10.2 Å². The number of aromatic nitrogens is 1. The molecule has 0 unspecified atom stereocenters. The summed E-state index contributed by atoms with van der Waals surface area (Å²) in [6.45, 7) is 3.00. The molecule has 0 radical (unpaired) electrons. The van der Waals surface area contributed by atoms with Crippen LogP contribution in [0.15, 0.2) is 54.2 Å². The first kappa shape index (κ1) is 22.8. The van der Waals surface area contributed by atoms with Crippen molar-refractivity contribution in [2.75, 3.05) is 25.0 Å². The molecule has 0 bridgehead atoms. The Bertz CT molecular complexity index is 1350. The number of carbonyl (C=O) groups is 1. The summed E-state index contributed by atoms with van der Waals surface area (Å²) in [5.41, 5.74) is 10.9. The number of pyridine rings is 1. The number of hydrogen-bond acceptors (Lipinski definition) is 3. The molecule has 1 aliphatic carbocycles. The Morgan fingerprint density at radius 3 is 2.63 bits per heavy atom. The van der Waals surface area contributed by atoms with Crippen molar-refractivity contribution >= 4 is 40.4 Å². The number of aryl methyl sites for hydroxylation is 2. The first-order valence-electron chi connectivity index (χ1n) is 12.3. The number of piperidine rings is 1. The number of benzene rings is 2. The Kier molecular flexibility index (Phi) is 6.13. The maximum absolute atomic E-state index is 11.7. The minimum atomic E-state index is 0.0447. The zero-order valence-corrected chi connectivity index (χ0v) is 21.1. The monoisotopic (exact) mass is 503 g/mol. The summed E-state index contributed by atoms with van der Waals surface area (Å²) in [6, 6.07) is 14.6. The van der Waals surface area contributed by atoms with Gasteiger partial charge in [-0.1, -0.05) is 47.0 Å². The number of fused-ring (bicyclic) bond motifs is 3. The van der Waals surface area contributed by atoms with E-state index >= 15 is 0 Å². The highest BCUT2D eigenvalue weighted by atomic mass is 35.5. The number of nitrogens with zero attached hydrogens (tertiary/aromatic N) is 2. The summed E-state index contributed by atoms with van der Waals surface area (Å²) in [4.78, 5) is 19.1. The molecule has 1 aromatic heterocycles. The fourth-order valence-corrected chi connectivity index (χ4v) is 6.15. The van der Waals surface area contributed by atoms with Crippen LogP contribution in [0.4, 0.5) is 5.69 Å². The van der Waals surface area contributed by atoms with Gasteiger partial charge in [0, 0.05) is 47.1 Å². The number of hydrogen-bond donors (Lipinski definition) is 1. The molecule has 1 fully saturated rings. The van der Waals surface area contributed by atoms with Crippen LogP contribution in [0.25, 0.3) is 5.57 Å². The van der Waals surface area contributed by atoms with Gasteiger partial charge in [0.2, 0.25) is 5.91 Å². The van der Waals surface area contributed by atoms with Gasteiger partial charge in [0.1, 0.15) is 0 Å². The van der Waals surface area contributed by atoms with Gasteiger partial charge in [-0.3, -0.25) is 9.78 Å². The van der Waals surface area contributed by atoms with Crippen molar-refractivity contribution in [3.8, 4) is 0 Å². The Morgan fingerprint density at radius 2 is 1.77 bits per heavy atom. The van der Waals surface area contributed by atoms with Gasteiger partial charge in [0.05, 0.1) is 12.1 Å². The van der Waals surface area contributed by atoms with E-state index in [2.05, 4.69) is 34.5 Å². The van der Waals surface area contributed by atoms with E-state index in [1.54, 1.807) is 0 Å². The summed E-state index contributed by atoms with van der Waals surface area (Å²) in [5, 5.41) is 4.41. The summed E-state index contributed by atoms with van der Waals surface area (Å²) < 4.78 is 0. The van der Waals surface area contributed by atoms with Crippen LogP contribution >= 0.6 is 23.2 Å². The molecule has 1 saturated heterocycles.